The molecule has 0 bridgehead atoms. The van der Waals surface area contributed by atoms with E-state index in [0.29, 0.717) is 11.8 Å². The van der Waals surface area contributed by atoms with E-state index in [1.165, 1.54) is 56.0 Å². The fourth-order valence-corrected chi connectivity index (χ4v) is 6.07. The van der Waals surface area contributed by atoms with Gasteiger partial charge < -0.3 is 4.74 Å². The molecule has 3 aromatic rings. The van der Waals surface area contributed by atoms with Crippen LogP contribution in [0.5, 0.6) is 5.75 Å². The van der Waals surface area contributed by atoms with Crippen molar-refractivity contribution in [3.63, 3.8) is 0 Å². The lowest BCUT2D eigenvalue weighted by Crippen LogP contribution is -2.25. The minimum atomic E-state index is -0.344. The first-order chi connectivity index (χ1) is 14.3. The molecule has 0 unspecified atom stereocenters. The van der Waals surface area contributed by atoms with Gasteiger partial charge >= 0.3 is 0 Å². The molecule has 30 heavy (non-hydrogen) atoms. The third kappa shape index (κ3) is 4.25. The molecule has 1 saturated carbocycles. The molecule has 1 aromatic carbocycles. The minimum Gasteiger partial charge on any atom is -0.492 e. The molecule has 0 amide bonds. The van der Waals surface area contributed by atoms with Crippen LogP contribution in [0.1, 0.15) is 63.4 Å². The zero-order valence-electron chi connectivity index (χ0n) is 18.3. The van der Waals surface area contributed by atoms with E-state index in [1.54, 1.807) is 17.4 Å². The van der Waals surface area contributed by atoms with E-state index < -0.39 is 0 Å². The third-order valence-electron chi connectivity index (χ3n) is 5.67. The van der Waals surface area contributed by atoms with Gasteiger partial charge in [-0.3, -0.25) is 9.12 Å². The molecular formula is C23H30FN3OS2. The van der Waals surface area contributed by atoms with Gasteiger partial charge in [-0.25, -0.2) is 9.37 Å². The molecule has 1 aliphatic rings. The number of ether oxygens (including phenoxy) is 1. The zero-order chi connectivity index (χ0) is 21.5. The maximum atomic E-state index is 15.0. The lowest BCUT2D eigenvalue weighted by molar-refractivity contribution is 0.376. The van der Waals surface area contributed by atoms with Crippen molar-refractivity contribution in [2.75, 3.05) is 7.11 Å². The molecule has 0 radical (unpaired) electrons. The van der Waals surface area contributed by atoms with Crippen LogP contribution in [0.3, 0.4) is 0 Å². The Kier molecular flexibility index (Phi) is 6.15. The Morgan fingerprint density at radius 1 is 1.23 bits per heavy atom. The second kappa shape index (κ2) is 8.52. The van der Waals surface area contributed by atoms with Crippen LogP contribution in [0.15, 0.2) is 23.2 Å². The number of thiazole rings is 1. The number of hydrogen-bond acceptors (Lipinski definition) is 5. The molecule has 7 heteroatoms. The SMILES string of the molecule is COc1c(F)cc(-c2c(C)nc3sc(C(C)(C)C)cn23)cc1SNC1CCCCC1. The van der Waals surface area contributed by atoms with E-state index in [1.807, 2.05) is 13.0 Å². The first kappa shape index (κ1) is 21.7. The maximum absolute atomic E-state index is 15.0. The highest BCUT2D eigenvalue weighted by Crippen LogP contribution is 2.39. The van der Waals surface area contributed by atoms with Gasteiger partial charge in [0, 0.05) is 22.7 Å². The number of nitrogens with zero attached hydrogens (tertiary/aromatic N) is 2. The van der Waals surface area contributed by atoms with Crippen molar-refractivity contribution in [3.8, 4) is 17.0 Å². The number of aryl methyl sites for hydroxylation is 1. The van der Waals surface area contributed by atoms with E-state index in [0.717, 1.165) is 26.8 Å². The summed E-state index contributed by atoms with van der Waals surface area (Å²) in [6.45, 7) is 8.58. The Bertz CT molecular complexity index is 1050. The Morgan fingerprint density at radius 2 is 1.97 bits per heavy atom. The Morgan fingerprint density at radius 3 is 2.63 bits per heavy atom. The normalized spacial score (nSPS) is 15.8. The maximum Gasteiger partial charge on any atom is 0.194 e. The zero-order valence-corrected chi connectivity index (χ0v) is 20.0. The van der Waals surface area contributed by atoms with Gasteiger partial charge in [-0.1, -0.05) is 40.0 Å². The highest BCUT2D eigenvalue weighted by Gasteiger charge is 2.23. The molecule has 1 fully saturated rings. The summed E-state index contributed by atoms with van der Waals surface area (Å²) in [6.07, 6.45) is 8.30. The van der Waals surface area contributed by atoms with Crippen LogP contribution in [0.4, 0.5) is 4.39 Å². The number of benzene rings is 1. The molecule has 4 rings (SSSR count). The molecule has 162 valence electrons. The Labute approximate surface area is 186 Å². The van der Waals surface area contributed by atoms with Crippen molar-refractivity contribution >= 4 is 28.2 Å². The predicted molar refractivity (Wildman–Crippen MR) is 124 cm³/mol. The minimum absolute atomic E-state index is 0.0482. The lowest BCUT2D eigenvalue weighted by atomic mass is 9.95. The standard InChI is InChI=1S/C23H30FN3OS2/c1-14-20(27-13-19(23(2,3)4)29-22(27)25-14)15-11-17(24)21(28-5)18(12-15)30-26-16-9-7-6-8-10-16/h11-13,16,26H,6-10H2,1-5H3. The number of halogens is 1. The molecule has 0 aliphatic heterocycles. The van der Waals surface area contributed by atoms with Crippen LogP contribution >= 0.6 is 23.3 Å². The third-order valence-corrected chi connectivity index (χ3v) is 8.05. The van der Waals surface area contributed by atoms with Crippen LogP contribution < -0.4 is 9.46 Å². The summed E-state index contributed by atoms with van der Waals surface area (Å²) < 4.78 is 26.0. The lowest BCUT2D eigenvalue weighted by Gasteiger charge is -2.22. The molecule has 0 spiro atoms. The molecule has 0 atom stereocenters. The van der Waals surface area contributed by atoms with Crippen molar-refractivity contribution < 1.29 is 9.13 Å². The highest BCUT2D eigenvalue weighted by molar-refractivity contribution is 7.97. The number of nitrogens with one attached hydrogen (secondary N) is 1. The van der Waals surface area contributed by atoms with Crippen molar-refractivity contribution in [1.29, 1.82) is 0 Å². The molecule has 4 nitrogen and oxygen atoms in total. The van der Waals surface area contributed by atoms with Crippen molar-refractivity contribution in [3.05, 3.63) is 34.7 Å². The van der Waals surface area contributed by atoms with E-state index in [9.17, 15) is 0 Å². The average Bonchev–Trinajstić information content (AvgIpc) is 3.23. The summed E-state index contributed by atoms with van der Waals surface area (Å²) in [7, 11) is 1.53. The summed E-state index contributed by atoms with van der Waals surface area (Å²) in [5.41, 5.74) is 2.72. The number of imidazole rings is 1. The van der Waals surface area contributed by atoms with E-state index in [2.05, 4.69) is 36.1 Å². The van der Waals surface area contributed by atoms with Crippen molar-refractivity contribution in [2.45, 2.75) is 76.2 Å². The fourth-order valence-electron chi connectivity index (χ4n) is 3.99. The fraction of sp³-hybridized carbons (Fsp3) is 0.522. The Hall–Kier alpha value is -1.57. The number of fused-ring (bicyclic) bond motifs is 1. The summed E-state index contributed by atoms with van der Waals surface area (Å²) in [5, 5.41) is 0. The summed E-state index contributed by atoms with van der Waals surface area (Å²) >= 11 is 3.18. The molecule has 1 aliphatic carbocycles. The molecule has 2 aromatic heterocycles. The van der Waals surface area contributed by atoms with Gasteiger partial charge in [0.1, 0.15) is 0 Å². The van der Waals surface area contributed by atoms with E-state index >= 15 is 4.39 Å². The molecular weight excluding hydrogens is 417 g/mol. The number of rotatable bonds is 5. The van der Waals surface area contributed by atoms with Crippen LogP contribution in [-0.4, -0.2) is 22.5 Å². The topological polar surface area (TPSA) is 38.6 Å². The summed E-state index contributed by atoms with van der Waals surface area (Å²) in [5.74, 6) is -0.0465. The van der Waals surface area contributed by atoms with Crippen LogP contribution in [-0.2, 0) is 5.41 Å². The Balaban J connectivity index is 1.72. The highest BCUT2D eigenvalue weighted by atomic mass is 32.2. The predicted octanol–water partition coefficient (Wildman–Crippen LogP) is 6.75. The average molecular weight is 448 g/mol. The van der Waals surface area contributed by atoms with Gasteiger partial charge in [0.2, 0.25) is 0 Å². The summed E-state index contributed by atoms with van der Waals surface area (Å²) in [4.78, 5) is 7.73. The van der Waals surface area contributed by atoms with Crippen LogP contribution in [0.25, 0.3) is 16.2 Å². The second-order valence-electron chi connectivity index (χ2n) is 9.09. The van der Waals surface area contributed by atoms with Crippen LogP contribution in [0.2, 0.25) is 0 Å². The van der Waals surface area contributed by atoms with E-state index in [-0.39, 0.29) is 11.2 Å². The molecule has 1 N–H and O–H groups in total. The van der Waals surface area contributed by atoms with Gasteiger partial charge in [0.15, 0.2) is 16.5 Å². The number of hydrogen-bond donors (Lipinski definition) is 1. The molecule has 0 saturated heterocycles. The quantitative estimate of drug-likeness (QED) is 0.439. The van der Waals surface area contributed by atoms with Crippen LogP contribution in [0, 0.1) is 12.7 Å². The molecule has 2 heterocycles. The van der Waals surface area contributed by atoms with Gasteiger partial charge in [0.05, 0.1) is 23.4 Å². The first-order valence-corrected chi connectivity index (χ1v) is 12.2. The smallest absolute Gasteiger partial charge is 0.194 e. The number of methoxy groups -OCH3 is 1. The van der Waals surface area contributed by atoms with Crippen molar-refractivity contribution in [1.82, 2.24) is 14.1 Å². The van der Waals surface area contributed by atoms with Gasteiger partial charge in [-0.15, -0.1) is 11.3 Å². The van der Waals surface area contributed by atoms with E-state index in [4.69, 9.17) is 9.72 Å². The monoisotopic (exact) mass is 447 g/mol. The van der Waals surface area contributed by atoms with Crippen molar-refractivity contribution in [2.24, 2.45) is 0 Å². The number of aromatic nitrogens is 2. The van der Waals surface area contributed by atoms with Gasteiger partial charge in [0.25, 0.3) is 0 Å². The van der Waals surface area contributed by atoms with Gasteiger partial charge in [-0.2, -0.15) is 0 Å². The summed E-state index contributed by atoms with van der Waals surface area (Å²) in [6, 6.07) is 4.05. The second-order valence-corrected chi connectivity index (χ2v) is 11.0. The van der Waals surface area contributed by atoms with Gasteiger partial charge in [-0.05, 0) is 49.3 Å². The largest absolute Gasteiger partial charge is 0.492 e. The first-order valence-electron chi connectivity index (χ1n) is 10.6.